The van der Waals surface area contributed by atoms with Gasteiger partial charge in [-0.1, -0.05) is 42.5 Å². The molecule has 0 bridgehead atoms. The third-order valence-corrected chi connectivity index (χ3v) is 5.37. The summed E-state index contributed by atoms with van der Waals surface area (Å²) < 4.78 is 5.82. The highest BCUT2D eigenvalue weighted by atomic mass is 16.5. The molecule has 3 nitrogen and oxygen atoms in total. The van der Waals surface area contributed by atoms with Gasteiger partial charge in [-0.2, -0.15) is 0 Å². The van der Waals surface area contributed by atoms with Gasteiger partial charge in [-0.3, -0.25) is 4.90 Å². The molecule has 1 aromatic rings. The number of likely N-dealkylation sites (tertiary alicyclic amines) is 1. The third kappa shape index (κ3) is 3.12. The number of hydrogen-bond acceptors (Lipinski definition) is 3. The summed E-state index contributed by atoms with van der Waals surface area (Å²) in [6, 6.07) is 10.4. The van der Waals surface area contributed by atoms with Crippen molar-refractivity contribution in [1.29, 1.82) is 0 Å². The number of nitrogens with zero attached hydrogens (tertiary/aromatic N) is 1. The highest BCUT2D eigenvalue weighted by Crippen LogP contribution is 2.50. The van der Waals surface area contributed by atoms with E-state index in [1.807, 2.05) is 13.0 Å². The van der Waals surface area contributed by atoms with E-state index in [0.717, 1.165) is 45.5 Å². The van der Waals surface area contributed by atoms with Crippen LogP contribution in [0.4, 0.5) is 0 Å². The molecule has 22 heavy (non-hydrogen) atoms. The van der Waals surface area contributed by atoms with Crippen LogP contribution in [0.1, 0.15) is 31.7 Å². The Kier molecular flexibility index (Phi) is 4.97. The molecule has 1 saturated heterocycles. The lowest BCUT2D eigenvalue weighted by Crippen LogP contribution is -2.62. The molecule has 1 spiro atoms. The van der Waals surface area contributed by atoms with E-state index >= 15 is 0 Å². The number of aliphatic hydroxyl groups excluding tert-OH is 1. The molecule has 1 N–H and O–H groups in total. The minimum absolute atomic E-state index is 0.0374. The summed E-state index contributed by atoms with van der Waals surface area (Å²) in [6.07, 6.45) is 7.47. The molecule has 2 fully saturated rings. The minimum atomic E-state index is -0.161. The van der Waals surface area contributed by atoms with Gasteiger partial charge in [0.2, 0.25) is 0 Å². The normalized spacial score (nSPS) is 28.1. The molecule has 1 aliphatic carbocycles. The molecule has 2 aliphatic rings. The Hall–Kier alpha value is -1.16. The maximum absolute atomic E-state index is 10.2. The summed E-state index contributed by atoms with van der Waals surface area (Å²) in [5.41, 5.74) is 1.29. The zero-order valence-corrected chi connectivity index (χ0v) is 13.4. The quantitative estimate of drug-likeness (QED) is 0.907. The molecule has 1 aromatic carbocycles. The molecule has 2 unspecified atom stereocenters. The first kappa shape index (κ1) is 15.7. The molecule has 0 amide bonds. The highest BCUT2D eigenvalue weighted by Gasteiger charge is 2.55. The Morgan fingerprint density at radius 1 is 1.27 bits per heavy atom. The first-order valence-corrected chi connectivity index (χ1v) is 8.48. The van der Waals surface area contributed by atoms with Crippen LogP contribution in [0.3, 0.4) is 0 Å². The predicted octanol–water partition coefficient (Wildman–Crippen LogP) is 2.95. The number of aliphatic hydroxyl groups is 1. The summed E-state index contributed by atoms with van der Waals surface area (Å²) in [7, 11) is 0. The van der Waals surface area contributed by atoms with Gasteiger partial charge in [-0.05, 0) is 38.4 Å². The topological polar surface area (TPSA) is 32.7 Å². The lowest BCUT2D eigenvalue weighted by atomic mass is 9.58. The van der Waals surface area contributed by atoms with E-state index in [1.54, 1.807) is 0 Å². The second-order valence-electron chi connectivity index (χ2n) is 6.54. The first-order chi connectivity index (χ1) is 10.7. The molecule has 1 aliphatic heterocycles. The number of piperidine rings is 1. The van der Waals surface area contributed by atoms with Gasteiger partial charge in [-0.15, -0.1) is 0 Å². The standard InChI is InChI=1S/C19H27NO2/c1-2-22-18-15-17(21)19(18)10-13-20(14-11-19)12-6-9-16-7-4-3-5-8-16/h3-9,17-18,21H,2,10-15H2,1H3/b9-6+. The summed E-state index contributed by atoms with van der Waals surface area (Å²) in [6.45, 7) is 5.89. The molecular weight excluding hydrogens is 274 g/mol. The fourth-order valence-corrected chi connectivity index (χ4v) is 3.87. The van der Waals surface area contributed by atoms with Crippen molar-refractivity contribution in [2.75, 3.05) is 26.2 Å². The van der Waals surface area contributed by atoms with Crippen LogP contribution in [0.5, 0.6) is 0 Å². The number of benzene rings is 1. The average Bonchev–Trinajstić information content (AvgIpc) is 2.56. The Morgan fingerprint density at radius 3 is 2.64 bits per heavy atom. The van der Waals surface area contributed by atoms with E-state index in [-0.39, 0.29) is 17.6 Å². The maximum atomic E-state index is 10.2. The van der Waals surface area contributed by atoms with Crippen LogP contribution in [0.2, 0.25) is 0 Å². The van der Waals surface area contributed by atoms with Gasteiger partial charge in [0.1, 0.15) is 0 Å². The summed E-state index contributed by atoms with van der Waals surface area (Å²) in [5, 5.41) is 10.2. The monoisotopic (exact) mass is 301 g/mol. The Balaban J connectivity index is 1.49. The molecule has 1 saturated carbocycles. The van der Waals surface area contributed by atoms with Crippen LogP contribution in [0.25, 0.3) is 6.08 Å². The Bertz CT molecular complexity index is 489. The summed E-state index contributed by atoms with van der Waals surface area (Å²) >= 11 is 0. The molecular formula is C19H27NO2. The van der Waals surface area contributed by atoms with Crippen LogP contribution < -0.4 is 0 Å². The van der Waals surface area contributed by atoms with Crippen molar-refractivity contribution in [2.24, 2.45) is 5.41 Å². The molecule has 0 radical (unpaired) electrons. The van der Waals surface area contributed by atoms with Gasteiger partial charge in [0.15, 0.2) is 0 Å². The van der Waals surface area contributed by atoms with Crippen molar-refractivity contribution in [3.8, 4) is 0 Å². The third-order valence-electron chi connectivity index (χ3n) is 5.37. The number of rotatable bonds is 5. The average molecular weight is 301 g/mol. The summed E-state index contributed by atoms with van der Waals surface area (Å²) in [4.78, 5) is 2.47. The van der Waals surface area contributed by atoms with Crippen molar-refractivity contribution in [3.05, 3.63) is 42.0 Å². The van der Waals surface area contributed by atoms with Crippen LogP contribution in [0.15, 0.2) is 36.4 Å². The Labute approximate surface area is 133 Å². The molecule has 1 heterocycles. The fraction of sp³-hybridized carbons (Fsp3) is 0.579. The van der Waals surface area contributed by atoms with Crippen molar-refractivity contribution in [2.45, 2.75) is 38.4 Å². The first-order valence-electron chi connectivity index (χ1n) is 8.48. The van der Waals surface area contributed by atoms with E-state index in [2.05, 4.69) is 41.3 Å². The van der Waals surface area contributed by atoms with E-state index in [0.29, 0.717) is 0 Å². The van der Waals surface area contributed by atoms with E-state index in [1.165, 1.54) is 5.56 Å². The van der Waals surface area contributed by atoms with Gasteiger partial charge in [0.25, 0.3) is 0 Å². The van der Waals surface area contributed by atoms with Crippen LogP contribution >= 0.6 is 0 Å². The second kappa shape index (κ2) is 6.95. The fourth-order valence-electron chi connectivity index (χ4n) is 3.87. The van der Waals surface area contributed by atoms with Crippen molar-refractivity contribution < 1.29 is 9.84 Å². The molecule has 2 atom stereocenters. The maximum Gasteiger partial charge on any atom is 0.0681 e. The lowest BCUT2D eigenvalue weighted by molar-refractivity contribution is -0.209. The largest absolute Gasteiger partial charge is 0.392 e. The zero-order chi connectivity index (χ0) is 15.4. The highest BCUT2D eigenvalue weighted by molar-refractivity contribution is 5.48. The van der Waals surface area contributed by atoms with Crippen molar-refractivity contribution in [1.82, 2.24) is 4.90 Å². The van der Waals surface area contributed by atoms with Crippen LogP contribution in [-0.2, 0) is 4.74 Å². The zero-order valence-electron chi connectivity index (χ0n) is 13.4. The van der Waals surface area contributed by atoms with E-state index < -0.39 is 0 Å². The SMILES string of the molecule is CCOC1CC(O)C12CCN(C/C=C/c1ccccc1)CC2. The van der Waals surface area contributed by atoms with Gasteiger partial charge in [-0.25, -0.2) is 0 Å². The van der Waals surface area contributed by atoms with Crippen LogP contribution in [-0.4, -0.2) is 48.5 Å². The van der Waals surface area contributed by atoms with E-state index in [4.69, 9.17) is 4.74 Å². The smallest absolute Gasteiger partial charge is 0.0681 e. The van der Waals surface area contributed by atoms with Crippen LogP contribution in [0, 0.1) is 5.41 Å². The molecule has 0 aromatic heterocycles. The predicted molar refractivity (Wildman–Crippen MR) is 89.6 cm³/mol. The Morgan fingerprint density at radius 2 is 2.00 bits per heavy atom. The molecule has 3 heteroatoms. The second-order valence-corrected chi connectivity index (χ2v) is 6.54. The lowest BCUT2D eigenvalue weighted by Gasteiger charge is -2.56. The number of hydrogen-bond donors (Lipinski definition) is 1. The number of ether oxygens (including phenoxy) is 1. The minimum Gasteiger partial charge on any atom is -0.392 e. The van der Waals surface area contributed by atoms with Gasteiger partial charge in [0, 0.05) is 25.0 Å². The van der Waals surface area contributed by atoms with Gasteiger partial charge < -0.3 is 9.84 Å². The molecule has 120 valence electrons. The van der Waals surface area contributed by atoms with Crippen molar-refractivity contribution >= 4 is 6.08 Å². The van der Waals surface area contributed by atoms with E-state index in [9.17, 15) is 5.11 Å². The van der Waals surface area contributed by atoms with Crippen molar-refractivity contribution in [3.63, 3.8) is 0 Å². The van der Waals surface area contributed by atoms with Gasteiger partial charge in [0.05, 0.1) is 12.2 Å². The molecule has 3 rings (SSSR count). The summed E-state index contributed by atoms with van der Waals surface area (Å²) in [5.74, 6) is 0. The van der Waals surface area contributed by atoms with Gasteiger partial charge >= 0.3 is 0 Å².